The van der Waals surface area contributed by atoms with E-state index in [1.54, 1.807) is 18.6 Å². The van der Waals surface area contributed by atoms with E-state index >= 15 is 0 Å². The smallest absolute Gasteiger partial charge is 0.224 e. The number of carbonyl (C=O) groups excluding carboxylic acids is 1. The molecule has 0 spiro atoms. The summed E-state index contributed by atoms with van der Waals surface area (Å²) in [5.74, 6) is 0.607. The van der Waals surface area contributed by atoms with Gasteiger partial charge in [-0.25, -0.2) is 0 Å². The standard InChI is InChI=1S/C18H18N4O2/c1-12-16(13(2)24-22-12)10-17(23)21-11-15-4-3-7-20-18(15)14-5-8-19-9-6-14/h3-9H,10-11H2,1-2H3,(H,21,23). The molecular weight excluding hydrogens is 304 g/mol. The Hall–Kier alpha value is -3.02. The van der Waals surface area contributed by atoms with Gasteiger partial charge in [0, 0.05) is 36.3 Å². The van der Waals surface area contributed by atoms with E-state index in [0.29, 0.717) is 12.3 Å². The minimum Gasteiger partial charge on any atom is -0.361 e. The lowest BCUT2D eigenvalue weighted by Crippen LogP contribution is -2.25. The van der Waals surface area contributed by atoms with E-state index in [1.165, 1.54) is 0 Å². The second kappa shape index (κ2) is 7.04. The van der Waals surface area contributed by atoms with Crippen LogP contribution in [-0.4, -0.2) is 21.0 Å². The SMILES string of the molecule is Cc1noc(C)c1CC(=O)NCc1cccnc1-c1ccncc1. The molecule has 0 aliphatic carbocycles. The lowest BCUT2D eigenvalue weighted by Gasteiger charge is -2.10. The van der Waals surface area contributed by atoms with Crippen molar-refractivity contribution in [3.05, 3.63) is 65.4 Å². The van der Waals surface area contributed by atoms with Crippen molar-refractivity contribution in [1.29, 1.82) is 0 Å². The van der Waals surface area contributed by atoms with Crippen LogP contribution >= 0.6 is 0 Å². The second-order valence-corrected chi connectivity index (χ2v) is 5.50. The Morgan fingerprint density at radius 2 is 1.96 bits per heavy atom. The van der Waals surface area contributed by atoms with Gasteiger partial charge in [0.25, 0.3) is 0 Å². The summed E-state index contributed by atoms with van der Waals surface area (Å²) in [5.41, 5.74) is 4.36. The molecule has 3 aromatic heterocycles. The first-order valence-electron chi connectivity index (χ1n) is 7.68. The summed E-state index contributed by atoms with van der Waals surface area (Å²) in [5, 5.41) is 6.81. The Balaban J connectivity index is 1.70. The molecule has 0 aromatic carbocycles. The molecule has 0 atom stereocenters. The van der Waals surface area contributed by atoms with Crippen LogP contribution in [0.15, 0.2) is 47.4 Å². The summed E-state index contributed by atoms with van der Waals surface area (Å²) in [6.07, 6.45) is 5.45. The Kier molecular flexibility index (Phi) is 4.65. The minimum atomic E-state index is -0.0751. The Labute approximate surface area is 139 Å². The molecule has 0 saturated heterocycles. The van der Waals surface area contributed by atoms with E-state index < -0.39 is 0 Å². The summed E-state index contributed by atoms with van der Waals surface area (Å²) < 4.78 is 5.09. The van der Waals surface area contributed by atoms with Crippen LogP contribution in [0.25, 0.3) is 11.3 Å². The van der Waals surface area contributed by atoms with E-state index in [-0.39, 0.29) is 12.3 Å². The average Bonchev–Trinajstić information content (AvgIpc) is 2.93. The zero-order chi connectivity index (χ0) is 16.9. The van der Waals surface area contributed by atoms with E-state index in [0.717, 1.165) is 28.1 Å². The number of nitrogens with zero attached hydrogens (tertiary/aromatic N) is 3. The van der Waals surface area contributed by atoms with Gasteiger partial charge in [-0.3, -0.25) is 14.8 Å². The van der Waals surface area contributed by atoms with Crippen molar-refractivity contribution in [2.45, 2.75) is 26.8 Å². The average molecular weight is 322 g/mol. The molecule has 0 saturated carbocycles. The van der Waals surface area contributed by atoms with Gasteiger partial charge in [0.05, 0.1) is 17.8 Å². The molecule has 0 radical (unpaired) electrons. The number of hydrogen-bond donors (Lipinski definition) is 1. The van der Waals surface area contributed by atoms with Crippen molar-refractivity contribution >= 4 is 5.91 Å². The fraction of sp³-hybridized carbons (Fsp3) is 0.222. The van der Waals surface area contributed by atoms with E-state index in [9.17, 15) is 4.79 Å². The number of nitrogens with one attached hydrogen (secondary N) is 1. The Morgan fingerprint density at radius 1 is 1.17 bits per heavy atom. The van der Waals surface area contributed by atoms with Crippen molar-refractivity contribution in [3.63, 3.8) is 0 Å². The molecule has 0 aliphatic heterocycles. The molecule has 0 unspecified atom stereocenters. The van der Waals surface area contributed by atoms with Gasteiger partial charge < -0.3 is 9.84 Å². The molecule has 0 aliphatic rings. The second-order valence-electron chi connectivity index (χ2n) is 5.50. The van der Waals surface area contributed by atoms with Crippen LogP contribution in [0.5, 0.6) is 0 Å². The third-order valence-electron chi connectivity index (χ3n) is 3.84. The topological polar surface area (TPSA) is 80.9 Å². The Morgan fingerprint density at radius 3 is 2.67 bits per heavy atom. The highest BCUT2D eigenvalue weighted by Crippen LogP contribution is 2.20. The van der Waals surface area contributed by atoms with Gasteiger partial charge in [-0.1, -0.05) is 11.2 Å². The first-order valence-corrected chi connectivity index (χ1v) is 7.68. The van der Waals surface area contributed by atoms with Crippen LogP contribution in [0, 0.1) is 13.8 Å². The maximum atomic E-state index is 12.2. The van der Waals surface area contributed by atoms with E-state index in [2.05, 4.69) is 20.4 Å². The number of aryl methyl sites for hydroxylation is 2. The van der Waals surface area contributed by atoms with Gasteiger partial charge in [0.15, 0.2) is 0 Å². The number of hydrogen-bond acceptors (Lipinski definition) is 5. The van der Waals surface area contributed by atoms with Crippen molar-refractivity contribution in [2.24, 2.45) is 0 Å². The van der Waals surface area contributed by atoms with E-state index in [1.807, 2.05) is 38.1 Å². The van der Waals surface area contributed by atoms with Crippen LogP contribution in [0.3, 0.4) is 0 Å². The molecule has 6 heteroatoms. The highest BCUT2D eigenvalue weighted by atomic mass is 16.5. The molecule has 3 rings (SSSR count). The van der Waals surface area contributed by atoms with Crippen LogP contribution in [-0.2, 0) is 17.8 Å². The molecule has 1 amide bonds. The van der Waals surface area contributed by atoms with Gasteiger partial charge in [-0.15, -0.1) is 0 Å². The van der Waals surface area contributed by atoms with Gasteiger partial charge in [0.1, 0.15) is 5.76 Å². The Bertz CT molecular complexity index is 824. The van der Waals surface area contributed by atoms with Crippen LogP contribution < -0.4 is 5.32 Å². The number of amides is 1. The molecule has 0 fully saturated rings. The molecule has 122 valence electrons. The van der Waals surface area contributed by atoms with Crippen LogP contribution in [0.2, 0.25) is 0 Å². The van der Waals surface area contributed by atoms with Gasteiger partial charge in [-0.05, 0) is 37.6 Å². The summed E-state index contributed by atoms with van der Waals surface area (Å²) >= 11 is 0. The molecular formula is C18H18N4O2. The van der Waals surface area contributed by atoms with Crippen LogP contribution in [0.4, 0.5) is 0 Å². The quantitative estimate of drug-likeness (QED) is 0.781. The number of aromatic nitrogens is 3. The molecule has 1 N–H and O–H groups in total. The van der Waals surface area contributed by atoms with Crippen LogP contribution in [0.1, 0.15) is 22.6 Å². The van der Waals surface area contributed by atoms with Crippen molar-refractivity contribution in [1.82, 2.24) is 20.4 Å². The molecule has 24 heavy (non-hydrogen) atoms. The maximum absolute atomic E-state index is 12.2. The number of rotatable bonds is 5. The zero-order valence-corrected chi connectivity index (χ0v) is 13.6. The molecule has 0 bridgehead atoms. The van der Waals surface area contributed by atoms with Crippen molar-refractivity contribution < 1.29 is 9.32 Å². The summed E-state index contributed by atoms with van der Waals surface area (Å²) in [7, 11) is 0. The fourth-order valence-corrected chi connectivity index (χ4v) is 2.52. The lowest BCUT2D eigenvalue weighted by molar-refractivity contribution is -0.120. The van der Waals surface area contributed by atoms with Gasteiger partial charge >= 0.3 is 0 Å². The largest absolute Gasteiger partial charge is 0.361 e. The summed E-state index contributed by atoms with van der Waals surface area (Å²) in [4.78, 5) is 20.7. The summed E-state index contributed by atoms with van der Waals surface area (Å²) in [6, 6.07) is 7.62. The predicted molar refractivity (Wildman–Crippen MR) is 89.0 cm³/mol. The fourth-order valence-electron chi connectivity index (χ4n) is 2.52. The van der Waals surface area contributed by atoms with Crippen molar-refractivity contribution in [2.75, 3.05) is 0 Å². The zero-order valence-electron chi connectivity index (χ0n) is 13.6. The molecule has 3 aromatic rings. The van der Waals surface area contributed by atoms with Gasteiger partial charge in [-0.2, -0.15) is 0 Å². The maximum Gasteiger partial charge on any atom is 0.224 e. The monoisotopic (exact) mass is 322 g/mol. The lowest BCUT2D eigenvalue weighted by atomic mass is 10.1. The minimum absolute atomic E-state index is 0.0751. The van der Waals surface area contributed by atoms with Crippen molar-refractivity contribution in [3.8, 4) is 11.3 Å². The highest BCUT2D eigenvalue weighted by Gasteiger charge is 2.14. The van der Waals surface area contributed by atoms with E-state index in [4.69, 9.17) is 4.52 Å². The first-order chi connectivity index (χ1) is 11.6. The highest BCUT2D eigenvalue weighted by molar-refractivity contribution is 5.79. The molecule has 6 nitrogen and oxygen atoms in total. The molecule has 3 heterocycles. The third-order valence-corrected chi connectivity index (χ3v) is 3.84. The van der Waals surface area contributed by atoms with Gasteiger partial charge in [0.2, 0.25) is 5.91 Å². The number of pyridine rings is 2. The summed E-state index contributed by atoms with van der Waals surface area (Å²) in [6.45, 7) is 4.06. The third kappa shape index (κ3) is 3.48. The number of carbonyl (C=O) groups is 1. The first kappa shape index (κ1) is 15.9. The normalized spacial score (nSPS) is 10.6. The predicted octanol–water partition coefficient (Wildman–Crippen LogP) is 2.61.